The number of fused-ring (bicyclic) bond motifs is 1. The fraction of sp³-hybridized carbons (Fsp3) is 0.130. The highest BCUT2D eigenvalue weighted by Crippen LogP contribution is 2.24. The first-order chi connectivity index (χ1) is 14.5. The van der Waals surface area contributed by atoms with E-state index in [9.17, 15) is 9.59 Å². The zero-order valence-corrected chi connectivity index (χ0v) is 17.3. The molecule has 0 saturated heterocycles. The topological polar surface area (TPSA) is 56.5 Å². The Kier molecular flexibility index (Phi) is 5.44. The molecule has 0 atom stereocenters. The van der Waals surface area contributed by atoms with Crippen molar-refractivity contribution in [2.45, 2.75) is 6.54 Å². The molecule has 4 aromatic rings. The number of hydroxylamine groups is 2. The smallest absolute Gasteiger partial charge is 0.293 e. The second-order valence-electron chi connectivity index (χ2n) is 6.84. The van der Waals surface area contributed by atoms with Gasteiger partial charge >= 0.3 is 0 Å². The molecule has 1 amide bonds. The van der Waals surface area contributed by atoms with Gasteiger partial charge in [0.05, 0.1) is 18.1 Å². The number of benzene rings is 2. The van der Waals surface area contributed by atoms with Crippen molar-refractivity contribution in [1.82, 2.24) is 14.2 Å². The van der Waals surface area contributed by atoms with Gasteiger partial charge in [-0.1, -0.05) is 41.9 Å². The predicted molar refractivity (Wildman–Crippen MR) is 117 cm³/mol. The van der Waals surface area contributed by atoms with Gasteiger partial charge in [-0.25, -0.2) is 5.06 Å². The third kappa shape index (κ3) is 3.63. The predicted octanol–water partition coefficient (Wildman–Crippen LogP) is 4.13. The fourth-order valence-electron chi connectivity index (χ4n) is 3.50. The van der Waals surface area contributed by atoms with Crippen LogP contribution < -0.4 is 5.56 Å². The Hall–Kier alpha value is -3.35. The molecule has 7 heteroatoms. The van der Waals surface area contributed by atoms with Crippen molar-refractivity contribution in [2.24, 2.45) is 0 Å². The number of rotatable bonds is 5. The minimum absolute atomic E-state index is 0.173. The van der Waals surface area contributed by atoms with E-state index in [2.05, 4.69) is 0 Å². The third-order valence-electron chi connectivity index (χ3n) is 4.99. The van der Waals surface area contributed by atoms with Crippen LogP contribution in [-0.2, 0) is 11.4 Å². The summed E-state index contributed by atoms with van der Waals surface area (Å²) in [7, 11) is 2.98. The highest BCUT2D eigenvalue weighted by atomic mass is 35.5. The largest absolute Gasteiger partial charge is 0.331 e. The highest BCUT2D eigenvalue weighted by molar-refractivity contribution is 6.30. The first-order valence-electron chi connectivity index (χ1n) is 9.37. The van der Waals surface area contributed by atoms with Gasteiger partial charge in [0, 0.05) is 30.4 Å². The van der Waals surface area contributed by atoms with Crippen molar-refractivity contribution in [3.05, 3.63) is 99.4 Å². The number of pyridine rings is 1. The monoisotopic (exact) mass is 421 g/mol. The Bertz CT molecular complexity index is 1280. The van der Waals surface area contributed by atoms with Gasteiger partial charge in [-0.3, -0.25) is 19.0 Å². The van der Waals surface area contributed by atoms with Gasteiger partial charge in [0.25, 0.3) is 11.5 Å². The summed E-state index contributed by atoms with van der Waals surface area (Å²) in [6.07, 6.45) is 0. The van der Waals surface area contributed by atoms with Gasteiger partial charge in [0.15, 0.2) is 0 Å². The van der Waals surface area contributed by atoms with Gasteiger partial charge in [0.2, 0.25) is 0 Å². The lowest BCUT2D eigenvalue weighted by atomic mass is 10.2. The molecule has 2 aromatic heterocycles. The van der Waals surface area contributed by atoms with Crippen molar-refractivity contribution in [3.8, 4) is 5.69 Å². The molecule has 0 aliphatic carbocycles. The lowest BCUT2D eigenvalue weighted by molar-refractivity contribution is -0.0762. The number of hydrogen-bond donors (Lipinski definition) is 0. The van der Waals surface area contributed by atoms with E-state index >= 15 is 0 Å². The van der Waals surface area contributed by atoms with Crippen molar-refractivity contribution in [1.29, 1.82) is 0 Å². The molecule has 4 rings (SSSR count). The number of amides is 1. The molecule has 0 aliphatic rings. The first kappa shape index (κ1) is 19.9. The maximum Gasteiger partial charge on any atom is 0.293 e. The Balaban J connectivity index is 1.98. The summed E-state index contributed by atoms with van der Waals surface area (Å²) in [6.45, 7) is 0.412. The van der Waals surface area contributed by atoms with Crippen LogP contribution in [-0.4, -0.2) is 34.3 Å². The summed E-state index contributed by atoms with van der Waals surface area (Å²) in [6, 6.07) is 21.8. The molecular formula is C23H20ClN3O3. The molecule has 152 valence electrons. The van der Waals surface area contributed by atoms with Crippen LogP contribution in [0.5, 0.6) is 0 Å². The number of hydrogen-bond acceptors (Lipinski definition) is 3. The molecule has 2 heterocycles. The van der Waals surface area contributed by atoms with Crippen LogP contribution in [0.4, 0.5) is 0 Å². The van der Waals surface area contributed by atoms with Crippen LogP contribution in [0.15, 0.2) is 77.6 Å². The Morgan fingerprint density at radius 1 is 1.00 bits per heavy atom. The summed E-state index contributed by atoms with van der Waals surface area (Å²) in [5, 5.41) is 1.78. The maximum atomic E-state index is 13.0. The van der Waals surface area contributed by atoms with E-state index in [0.29, 0.717) is 22.8 Å². The summed E-state index contributed by atoms with van der Waals surface area (Å²) in [5.74, 6) is -0.317. The highest BCUT2D eigenvalue weighted by Gasteiger charge is 2.22. The van der Waals surface area contributed by atoms with Gasteiger partial charge in [-0.05, 0) is 42.0 Å². The standard InChI is InChI=1S/C23H20ClN3O3/c1-25(30-2)23(29)21-14-20-19(26(21)15-16-7-6-8-17(24)13-16)11-12-22(28)27(20)18-9-4-3-5-10-18/h3-14H,15H2,1-2H3. The Labute approximate surface area is 178 Å². The van der Waals surface area contributed by atoms with Crippen molar-refractivity contribution >= 4 is 28.5 Å². The van der Waals surface area contributed by atoms with E-state index in [4.69, 9.17) is 16.4 Å². The number of carbonyl (C=O) groups is 1. The molecule has 0 fully saturated rings. The van der Waals surface area contributed by atoms with E-state index < -0.39 is 0 Å². The van der Waals surface area contributed by atoms with Crippen molar-refractivity contribution in [3.63, 3.8) is 0 Å². The zero-order chi connectivity index (χ0) is 21.3. The number of aromatic nitrogens is 2. The van der Waals surface area contributed by atoms with E-state index in [1.165, 1.54) is 13.2 Å². The molecule has 6 nitrogen and oxygen atoms in total. The SMILES string of the molecule is CON(C)C(=O)c1cc2c(ccc(=O)n2-c2ccccc2)n1Cc1cccc(Cl)c1. The molecule has 2 aromatic carbocycles. The zero-order valence-electron chi connectivity index (χ0n) is 16.6. The average Bonchev–Trinajstić information content (AvgIpc) is 3.11. The Morgan fingerprint density at radius 3 is 2.47 bits per heavy atom. The quantitative estimate of drug-likeness (QED) is 0.455. The van der Waals surface area contributed by atoms with Crippen molar-refractivity contribution in [2.75, 3.05) is 14.2 Å². The molecule has 0 radical (unpaired) electrons. The lowest BCUT2D eigenvalue weighted by Crippen LogP contribution is -2.27. The van der Waals surface area contributed by atoms with E-state index in [1.54, 1.807) is 29.8 Å². The summed E-state index contributed by atoms with van der Waals surface area (Å²) < 4.78 is 3.48. The van der Waals surface area contributed by atoms with Gasteiger partial charge in [-0.2, -0.15) is 0 Å². The summed E-state index contributed by atoms with van der Waals surface area (Å²) in [4.78, 5) is 30.9. The second kappa shape index (κ2) is 8.18. The number of para-hydroxylation sites is 1. The minimum Gasteiger partial charge on any atom is -0.331 e. The van der Waals surface area contributed by atoms with Crippen LogP contribution in [0.2, 0.25) is 5.02 Å². The van der Waals surface area contributed by atoms with Gasteiger partial charge < -0.3 is 4.57 Å². The van der Waals surface area contributed by atoms with Crippen molar-refractivity contribution < 1.29 is 9.63 Å². The third-order valence-corrected chi connectivity index (χ3v) is 5.22. The lowest BCUT2D eigenvalue weighted by Gasteiger charge is -2.16. The maximum absolute atomic E-state index is 13.0. The van der Waals surface area contributed by atoms with Crippen LogP contribution in [0.3, 0.4) is 0 Å². The minimum atomic E-state index is -0.317. The van der Waals surface area contributed by atoms with Crippen LogP contribution in [0.25, 0.3) is 16.7 Å². The number of halogens is 1. The molecule has 0 N–H and O–H groups in total. The summed E-state index contributed by atoms with van der Waals surface area (Å²) >= 11 is 6.15. The molecular weight excluding hydrogens is 402 g/mol. The van der Waals surface area contributed by atoms with Crippen LogP contribution in [0.1, 0.15) is 16.1 Å². The molecule has 0 unspecified atom stereocenters. The molecule has 30 heavy (non-hydrogen) atoms. The van der Waals surface area contributed by atoms with Gasteiger partial charge in [-0.15, -0.1) is 0 Å². The number of carbonyl (C=O) groups excluding carboxylic acids is 1. The number of nitrogens with zero attached hydrogens (tertiary/aromatic N) is 3. The normalized spacial score (nSPS) is 11.0. The summed E-state index contributed by atoms with van der Waals surface area (Å²) in [5.41, 5.74) is 3.30. The second-order valence-corrected chi connectivity index (χ2v) is 7.28. The molecule has 0 saturated carbocycles. The molecule has 0 aliphatic heterocycles. The fourth-order valence-corrected chi connectivity index (χ4v) is 3.71. The van der Waals surface area contributed by atoms with Gasteiger partial charge in [0.1, 0.15) is 5.69 Å². The average molecular weight is 422 g/mol. The Morgan fingerprint density at radius 2 is 1.77 bits per heavy atom. The molecule has 0 spiro atoms. The first-order valence-corrected chi connectivity index (χ1v) is 9.74. The van der Waals surface area contributed by atoms with Crippen LogP contribution >= 0.6 is 11.6 Å². The molecule has 0 bridgehead atoms. The van der Waals surface area contributed by atoms with E-state index in [1.807, 2.05) is 53.1 Å². The van der Waals surface area contributed by atoms with E-state index in [0.717, 1.165) is 21.8 Å². The van der Waals surface area contributed by atoms with Crippen LogP contribution in [0, 0.1) is 0 Å². The van der Waals surface area contributed by atoms with E-state index in [-0.39, 0.29) is 11.5 Å².